The number of hydrogen-bond acceptors (Lipinski definition) is 1. The summed E-state index contributed by atoms with van der Waals surface area (Å²) in [6, 6.07) is 3.58. The molecule has 0 saturated carbocycles. The highest BCUT2D eigenvalue weighted by molar-refractivity contribution is 5.46. The molecule has 3 nitrogen and oxygen atoms in total. The molecule has 0 spiro atoms. The number of allylic oxidation sites excluding steroid dienone is 2. The van der Waals surface area contributed by atoms with Gasteiger partial charge in [0.1, 0.15) is 5.54 Å². The van der Waals surface area contributed by atoms with Gasteiger partial charge in [-0.05, 0) is 31.9 Å². The molecule has 2 aliphatic carbocycles. The Morgan fingerprint density at radius 1 is 1.50 bits per heavy atom. The fourth-order valence-corrected chi connectivity index (χ4v) is 3.68. The molecule has 1 heterocycles. The van der Waals surface area contributed by atoms with Gasteiger partial charge in [-0.25, -0.2) is 0 Å². The summed E-state index contributed by atoms with van der Waals surface area (Å²) in [5.74, 6) is 0.395. The molecule has 18 heavy (non-hydrogen) atoms. The van der Waals surface area contributed by atoms with Crippen LogP contribution < -0.4 is 11.3 Å². The molecule has 4 N–H and O–H groups in total. The number of nitrogens with one attached hydrogen (secondary N) is 1. The lowest BCUT2D eigenvalue weighted by molar-refractivity contribution is -0.476. The van der Waals surface area contributed by atoms with Gasteiger partial charge < -0.3 is 10.7 Å². The third-order valence-electron chi connectivity index (χ3n) is 4.27. The average Bonchev–Trinajstić information content (AvgIpc) is 2.26. The molecule has 0 fully saturated rings. The van der Waals surface area contributed by atoms with Crippen molar-refractivity contribution in [3.8, 4) is 0 Å². The van der Waals surface area contributed by atoms with Crippen molar-refractivity contribution >= 4 is 0 Å². The Morgan fingerprint density at radius 3 is 3.00 bits per heavy atom. The first-order valence-electron chi connectivity index (χ1n) is 6.46. The minimum Gasteiger partial charge on any atom is -0.345 e. The van der Waals surface area contributed by atoms with Crippen molar-refractivity contribution in [2.24, 2.45) is 5.92 Å². The number of rotatable bonds is 0. The molecule has 2 aliphatic rings. The van der Waals surface area contributed by atoms with Gasteiger partial charge in [-0.15, -0.1) is 0 Å². The average molecular weight is 243 g/mol. The Kier molecular flexibility index (Phi) is 2.35. The first-order valence-corrected chi connectivity index (χ1v) is 6.46. The maximum Gasteiger partial charge on any atom is 0.248 e. The molecule has 3 heteroatoms. The van der Waals surface area contributed by atoms with Crippen molar-refractivity contribution in [1.82, 2.24) is 4.98 Å². The molecule has 2 atom stereocenters. The summed E-state index contributed by atoms with van der Waals surface area (Å²) in [4.78, 5) is 14.5. The number of fused-ring (bicyclic) bond motifs is 4. The highest BCUT2D eigenvalue weighted by atomic mass is 16.1. The molecule has 94 valence electrons. The maximum absolute atomic E-state index is 11.5. The summed E-state index contributed by atoms with van der Waals surface area (Å²) >= 11 is 0. The van der Waals surface area contributed by atoms with Gasteiger partial charge in [0.25, 0.3) is 0 Å². The van der Waals surface area contributed by atoms with Crippen molar-refractivity contribution in [2.45, 2.75) is 32.2 Å². The monoisotopic (exact) mass is 243 g/mol. The van der Waals surface area contributed by atoms with Crippen LogP contribution in [0.3, 0.4) is 0 Å². The number of quaternary nitrogens is 1. The Hall–Kier alpha value is -1.61. The number of H-pyrrole nitrogens is 1. The van der Waals surface area contributed by atoms with E-state index in [4.69, 9.17) is 0 Å². The topological polar surface area (TPSA) is 60.5 Å². The van der Waals surface area contributed by atoms with Gasteiger partial charge in [-0.1, -0.05) is 17.7 Å². The number of hydrogen-bond donors (Lipinski definition) is 2. The van der Waals surface area contributed by atoms with Crippen molar-refractivity contribution in [3.63, 3.8) is 0 Å². The fourth-order valence-electron chi connectivity index (χ4n) is 3.68. The van der Waals surface area contributed by atoms with Crippen molar-refractivity contribution in [2.75, 3.05) is 0 Å². The molecule has 0 unspecified atom stereocenters. The van der Waals surface area contributed by atoms with Gasteiger partial charge in [-0.2, -0.15) is 0 Å². The van der Waals surface area contributed by atoms with Crippen LogP contribution in [0, 0.1) is 5.92 Å². The van der Waals surface area contributed by atoms with Crippen LogP contribution in [0.15, 0.2) is 40.2 Å². The zero-order chi connectivity index (χ0) is 12.9. The third-order valence-corrected chi connectivity index (χ3v) is 4.27. The van der Waals surface area contributed by atoms with E-state index in [9.17, 15) is 4.79 Å². The van der Waals surface area contributed by atoms with Crippen molar-refractivity contribution in [1.29, 1.82) is 0 Å². The molecule has 0 aromatic carbocycles. The molecular weight excluding hydrogens is 224 g/mol. The summed E-state index contributed by atoms with van der Waals surface area (Å²) in [6.45, 7) is 4.27. The minimum absolute atomic E-state index is 0.0138. The van der Waals surface area contributed by atoms with Gasteiger partial charge in [0.2, 0.25) is 5.56 Å². The summed E-state index contributed by atoms with van der Waals surface area (Å²) < 4.78 is 0. The second kappa shape index (κ2) is 3.69. The zero-order valence-corrected chi connectivity index (χ0v) is 10.9. The van der Waals surface area contributed by atoms with Gasteiger partial charge in [0, 0.05) is 29.7 Å². The Morgan fingerprint density at radius 2 is 2.28 bits per heavy atom. The Balaban J connectivity index is 2.28. The summed E-state index contributed by atoms with van der Waals surface area (Å²) in [6.07, 6.45) is 6.36. The lowest BCUT2D eigenvalue weighted by Gasteiger charge is -2.42. The third kappa shape index (κ3) is 1.44. The van der Waals surface area contributed by atoms with Crippen molar-refractivity contribution < 1.29 is 5.73 Å². The van der Waals surface area contributed by atoms with Crippen LogP contribution in [0.25, 0.3) is 0 Å². The van der Waals surface area contributed by atoms with Crippen LogP contribution >= 0.6 is 0 Å². The Bertz CT molecular complexity index is 624. The van der Waals surface area contributed by atoms with Crippen LogP contribution in [0.5, 0.6) is 0 Å². The van der Waals surface area contributed by atoms with E-state index in [0.29, 0.717) is 5.92 Å². The second-order valence-corrected chi connectivity index (χ2v) is 5.54. The first kappa shape index (κ1) is 11.5. The molecule has 0 amide bonds. The number of pyridine rings is 1. The predicted molar refractivity (Wildman–Crippen MR) is 71.0 cm³/mol. The van der Waals surface area contributed by atoms with E-state index in [1.807, 2.05) is 6.07 Å². The van der Waals surface area contributed by atoms with Crippen LogP contribution in [0.2, 0.25) is 0 Å². The molecule has 1 aromatic heterocycles. The van der Waals surface area contributed by atoms with Gasteiger partial charge in [-0.3, -0.25) is 4.79 Å². The van der Waals surface area contributed by atoms with Gasteiger partial charge in [0.15, 0.2) is 0 Å². The molecule has 2 bridgehead atoms. The smallest absolute Gasteiger partial charge is 0.248 e. The molecule has 3 rings (SSSR count). The van der Waals surface area contributed by atoms with Crippen LogP contribution in [0.4, 0.5) is 0 Å². The van der Waals surface area contributed by atoms with E-state index in [0.717, 1.165) is 18.5 Å². The maximum atomic E-state index is 11.5. The molecule has 0 radical (unpaired) electrons. The van der Waals surface area contributed by atoms with Gasteiger partial charge >= 0.3 is 0 Å². The summed E-state index contributed by atoms with van der Waals surface area (Å²) in [7, 11) is 0. The van der Waals surface area contributed by atoms with E-state index in [1.165, 1.54) is 16.7 Å². The van der Waals surface area contributed by atoms with Crippen molar-refractivity contribution in [3.05, 3.63) is 57.0 Å². The number of aromatic amines is 1. The SMILES string of the molecule is CC=C1[C@H]2C=C(C)C[C@@]1([NH3+])c1ccc(=O)[nH]c1C2. The lowest BCUT2D eigenvalue weighted by atomic mass is 9.63. The van der Waals surface area contributed by atoms with Crippen LogP contribution in [0.1, 0.15) is 31.5 Å². The summed E-state index contributed by atoms with van der Waals surface area (Å²) in [5.41, 5.74) is 9.35. The zero-order valence-electron chi connectivity index (χ0n) is 10.9. The largest absolute Gasteiger partial charge is 0.345 e. The van der Waals surface area contributed by atoms with E-state index in [2.05, 4.69) is 36.7 Å². The lowest BCUT2D eigenvalue weighted by Crippen LogP contribution is -2.73. The molecule has 0 aliphatic heterocycles. The molecule has 0 saturated heterocycles. The van der Waals surface area contributed by atoms with E-state index < -0.39 is 0 Å². The Labute approximate surface area is 106 Å². The van der Waals surface area contributed by atoms with E-state index in [1.54, 1.807) is 6.07 Å². The van der Waals surface area contributed by atoms with Crippen LogP contribution in [-0.2, 0) is 12.0 Å². The second-order valence-electron chi connectivity index (χ2n) is 5.54. The van der Waals surface area contributed by atoms with Gasteiger partial charge in [0.05, 0.1) is 0 Å². The molecular formula is C15H19N2O+. The summed E-state index contributed by atoms with van der Waals surface area (Å²) in [5, 5.41) is 0. The minimum atomic E-state index is -0.184. The number of aromatic nitrogens is 1. The normalized spacial score (nSPS) is 32.1. The highest BCUT2D eigenvalue weighted by Crippen LogP contribution is 2.46. The quantitative estimate of drug-likeness (QED) is 0.663. The fraction of sp³-hybridized carbons (Fsp3) is 0.400. The predicted octanol–water partition coefficient (Wildman–Crippen LogP) is 1.28. The first-order chi connectivity index (χ1) is 8.54. The highest BCUT2D eigenvalue weighted by Gasteiger charge is 2.47. The van der Waals surface area contributed by atoms with E-state index in [-0.39, 0.29) is 11.1 Å². The van der Waals surface area contributed by atoms with Crippen LogP contribution in [-0.4, -0.2) is 4.98 Å². The molecule has 1 aromatic rings. The van der Waals surface area contributed by atoms with E-state index >= 15 is 0 Å². The standard InChI is InChI=1S/C15H18N2O/c1-3-11-10-6-9(2)8-15(11,16)12-4-5-14(18)17-13(12)7-10/h3-6,10H,7-8,16H2,1-2H3,(H,17,18)/p+1/t10-,15-/m0/s1.